The largest absolute Gasteiger partial charge is 0.326 e. The highest BCUT2D eigenvalue weighted by molar-refractivity contribution is 5.77. The van der Waals surface area contributed by atoms with E-state index in [1.54, 1.807) is 16.8 Å². The molecule has 0 saturated carbocycles. The number of amides is 2. The van der Waals surface area contributed by atoms with Gasteiger partial charge in [0.2, 0.25) is 0 Å². The summed E-state index contributed by atoms with van der Waals surface area (Å²) < 4.78 is 0. The third-order valence-corrected chi connectivity index (χ3v) is 1.68. The Balaban J connectivity index is 2.66. The summed E-state index contributed by atoms with van der Waals surface area (Å²) >= 11 is 0. The number of allylic oxidation sites excluding steroid dienone is 1. The summed E-state index contributed by atoms with van der Waals surface area (Å²) in [6, 6.07) is 0.0625. The minimum absolute atomic E-state index is 0.0625. The Labute approximate surface area is 60.9 Å². The van der Waals surface area contributed by atoms with E-state index in [9.17, 15) is 4.79 Å². The molecule has 3 heteroatoms. The number of carbonyl (C=O) groups excluding carboxylic acids is 1. The van der Waals surface area contributed by atoms with Crippen molar-refractivity contribution in [2.45, 2.75) is 6.92 Å². The number of hydrogen-bond acceptors (Lipinski definition) is 1. The quantitative estimate of drug-likeness (QED) is 0.530. The van der Waals surface area contributed by atoms with Gasteiger partial charge in [0.25, 0.3) is 0 Å². The van der Waals surface area contributed by atoms with Gasteiger partial charge in [0.15, 0.2) is 0 Å². The van der Waals surface area contributed by atoms with Crippen LogP contribution in [0.1, 0.15) is 6.92 Å². The van der Waals surface area contributed by atoms with Gasteiger partial charge in [-0.2, -0.15) is 0 Å². The van der Waals surface area contributed by atoms with Gasteiger partial charge >= 0.3 is 6.03 Å². The van der Waals surface area contributed by atoms with Crippen LogP contribution in [0.5, 0.6) is 0 Å². The van der Waals surface area contributed by atoms with Gasteiger partial charge in [-0.3, -0.25) is 4.90 Å². The number of urea groups is 1. The Morgan fingerprint density at radius 3 is 2.40 bits per heavy atom. The van der Waals surface area contributed by atoms with Crippen LogP contribution in [0.25, 0.3) is 0 Å². The standard InChI is InChI=1S/C7H12N2O/c1-6(2)9-5-4-8(3)7(9)10/h1,4-5H2,2-3H3. The average molecular weight is 140 g/mol. The van der Waals surface area contributed by atoms with Gasteiger partial charge in [0.05, 0.1) is 0 Å². The minimum atomic E-state index is 0.0625. The van der Waals surface area contributed by atoms with Gasteiger partial charge in [-0.15, -0.1) is 0 Å². The summed E-state index contributed by atoms with van der Waals surface area (Å²) in [6.45, 7) is 7.14. The summed E-state index contributed by atoms with van der Waals surface area (Å²) in [5, 5.41) is 0. The second-order valence-corrected chi connectivity index (χ2v) is 2.59. The number of nitrogens with zero attached hydrogens (tertiary/aromatic N) is 2. The first-order valence-corrected chi connectivity index (χ1v) is 3.31. The zero-order chi connectivity index (χ0) is 7.72. The van der Waals surface area contributed by atoms with Gasteiger partial charge in [-0.05, 0) is 6.92 Å². The lowest BCUT2D eigenvalue weighted by Crippen LogP contribution is -2.27. The summed E-state index contributed by atoms with van der Waals surface area (Å²) in [4.78, 5) is 14.5. The lowest BCUT2D eigenvalue weighted by Gasteiger charge is -2.14. The first kappa shape index (κ1) is 7.12. The smallest absolute Gasteiger partial charge is 0.324 e. The molecule has 10 heavy (non-hydrogen) atoms. The van der Waals surface area contributed by atoms with Gasteiger partial charge in [0.1, 0.15) is 0 Å². The number of likely N-dealkylation sites (N-methyl/N-ethyl adjacent to an activating group) is 1. The van der Waals surface area contributed by atoms with Crippen molar-refractivity contribution < 1.29 is 4.79 Å². The molecule has 0 atom stereocenters. The van der Waals surface area contributed by atoms with Gasteiger partial charge < -0.3 is 4.90 Å². The van der Waals surface area contributed by atoms with Crippen molar-refractivity contribution in [1.82, 2.24) is 9.80 Å². The molecule has 0 aliphatic carbocycles. The van der Waals surface area contributed by atoms with E-state index in [1.165, 1.54) is 0 Å². The highest BCUT2D eigenvalue weighted by Crippen LogP contribution is 2.10. The fourth-order valence-electron chi connectivity index (χ4n) is 1.00. The van der Waals surface area contributed by atoms with Crippen LogP contribution in [0.4, 0.5) is 4.79 Å². The summed E-state index contributed by atoms with van der Waals surface area (Å²) in [5.41, 5.74) is 0.828. The van der Waals surface area contributed by atoms with Crippen molar-refractivity contribution in [3.63, 3.8) is 0 Å². The monoisotopic (exact) mass is 140 g/mol. The predicted molar refractivity (Wildman–Crippen MR) is 39.5 cm³/mol. The Morgan fingerprint density at radius 2 is 2.20 bits per heavy atom. The van der Waals surface area contributed by atoms with Gasteiger partial charge in [0, 0.05) is 25.8 Å². The van der Waals surface area contributed by atoms with Crippen LogP contribution in [-0.2, 0) is 0 Å². The lowest BCUT2D eigenvalue weighted by atomic mass is 10.5. The Hall–Kier alpha value is -0.990. The van der Waals surface area contributed by atoms with E-state index in [0.29, 0.717) is 0 Å². The first-order chi connectivity index (χ1) is 4.63. The van der Waals surface area contributed by atoms with Crippen LogP contribution in [-0.4, -0.2) is 36.0 Å². The SMILES string of the molecule is C=C(C)N1CCN(C)C1=O. The second-order valence-electron chi connectivity index (χ2n) is 2.59. The molecule has 3 nitrogen and oxygen atoms in total. The maximum Gasteiger partial charge on any atom is 0.324 e. The molecule has 0 unspecified atom stereocenters. The molecule has 0 N–H and O–H groups in total. The van der Waals surface area contributed by atoms with E-state index in [4.69, 9.17) is 0 Å². The average Bonchev–Trinajstić information content (AvgIpc) is 2.14. The molecule has 1 aliphatic rings. The number of rotatable bonds is 1. The Morgan fingerprint density at radius 1 is 1.60 bits per heavy atom. The maximum absolute atomic E-state index is 11.1. The zero-order valence-electron chi connectivity index (χ0n) is 6.42. The minimum Gasteiger partial charge on any atom is -0.326 e. The zero-order valence-corrected chi connectivity index (χ0v) is 6.42. The van der Waals surface area contributed by atoms with Crippen LogP contribution >= 0.6 is 0 Å². The fourth-order valence-corrected chi connectivity index (χ4v) is 1.00. The van der Waals surface area contributed by atoms with Crippen molar-refractivity contribution in [3.05, 3.63) is 12.3 Å². The summed E-state index contributed by atoms with van der Waals surface area (Å²) in [7, 11) is 1.80. The van der Waals surface area contributed by atoms with E-state index in [1.807, 2.05) is 6.92 Å². The number of hydrogen-bond donors (Lipinski definition) is 0. The molecule has 1 fully saturated rings. The molecule has 56 valence electrons. The Bertz CT molecular complexity index is 176. The van der Waals surface area contributed by atoms with E-state index >= 15 is 0 Å². The molecule has 1 aliphatic heterocycles. The van der Waals surface area contributed by atoms with Crippen LogP contribution in [0.15, 0.2) is 12.3 Å². The van der Waals surface area contributed by atoms with Crippen molar-refractivity contribution in [2.24, 2.45) is 0 Å². The molecular formula is C7H12N2O. The molecule has 1 rings (SSSR count). The van der Waals surface area contributed by atoms with E-state index in [0.717, 1.165) is 18.8 Å². The number of carbonyl (C=O) groups is 1. The van der Waals surface area contributed by atoms with Crippen LogP contribution in [0.2, 0.25) is 0 Å². The molecule has 0 aromatic carbocycles. The molecule has 1 saturated heterocycles. The van der Waals surface area contributed by atoms with E-state index in [2.05, 4.69) is 6.58 Å². The highest BCUT2D eigenvalue weighted by Gasteiger charge is 2.24. The molecule has 0 aromatic rings. The lowest BCUT2D eigenvalue weighted by molar-refractivity contribution is 0.207. The van der Waals surface area contributed by atoms with Crippen molar-refractivity contribution in [1.29, 1.82) is 0 Å². The normalized spacial score (nSPS) is 18.4. The maximum atomic E-state index is 11.1. The second kappa shape index (κ2) is 2.33. The third kappa shape index (κ3) is 0.988. The summed E-state index contributed by atoms with van der Waals surface area (Å²) in [6.07, 6.45) is 0. The highest BCUT2D eigenvalue weighted by atomic mass is 16.2. The van der Waals surface area contributed by atoms with Crippen molar-refractivity contribution in [2.75, 3.05) is 20.1 Å². The van der Waals surface area contributed by atoms with E-state index < -0.39 is 0 Å². The molecule has 2 amide bonds. The van der Waals surface area contributed by atoms with Crippen LogP contribution in [0, 0.1) is 0 Å². The summed E-state index contributed by atoms with van der Waals surface area (Å²) in [5.74, 6) is 0. The molecule has 0 aromatic heterocycles. The Kier molecular flexibility index (Phi) is 1.66. The van der Waals surface area contributed by atoms with Crippen LogP contribution < -0.4 is 0 Å². The van der Waals surface area contributed by atoms with Gasteiger partial charge in [-0.25, -0.2) is 4.79 Å². The molecular weight excluding hydrogens is 128 g/mol. The molecule has 0 spiro atoms. The van der Waals surface area contributed by atoms with Gasteiger partial charge in [-0.1, -0.05) is 6.58 Å². The van der Waals surface area contributed by atoms with Crippen LogP contribution in [0.3, 0.4) is 0 Å². The predicted octanol–water partition coefficient (Wildman–Crippen LogP) is 0.887. The van der Waals surface area contributed by atoms with Crippen molar-refractivity contribution in [3.8, 4) is 0 Å². The molecule has 0 bridgehead atoms. The van der Waals surface area contributed by atoms with Crippen molar-refractivity contribution >= 4 is 6.03 Å². The first-order valence-electron chi connectivity index (χ1n) is 3.31. The third-order valence-electron chi connectivity index (χ3n) is 1.68. The molecule has 1 heterocycles. The topological polar surface area (TPSA) is 23.6 Å². The fraction of sp³-hybridized carbons (Fsp3) is 0.571. The molecule has 0 radical (unpaired) electrons. The van der Waals surface area contributed by atoms with E-state index in [-0.39, 0.29) is 6.03 Å².